The van der Waals surface area contributed by atoms with Gasteiger partial charge in [-0.1, -0.05) is 19.3 Å². The lowest BCUT2D eigenvalue weighted by Gasteiger charge is -2.31. The summed E-state index contributed by atoms with van der Waals surface area (Å²) < 4.78 is 112. The van der Waals surface area contributed by atoms with Crippen LogP contribution in [0, 0.1) is 23.7 Å². The number of carbonyl (C=O) groups excluding carboxylic acids is 2. The van der Waals surface area contributed by atoms with Gasteiger partial charge >= 0.3 is 17.2 Å². The molecule has 194 valence electrons. The molecule has 4 rings (SSSR count). The molecule has 7 atom stereocenters. The van der Waals surface area contributed by atoms with Crippen molar-refractivity contribution in [1.29, 1.82) is 0 Å². The second-order valence-electron chi connectivity index (χ2n) is 9.28. The molecule has 4 fully saturated rings. The Bertz CT molecular complexity index is 1040. The Morgan fingerprint density at radius 1 is 1.12 bits per heavy atom. The maximum atomic E-state index is 13.6. The largest absolute Gasteiger partial charge is 0.743 e. The highest BCUT2D eigenvalue weighted by Crippen LogP contribution is 2.59. The molecule has 1 saturated heterocycles. The second kappa shape index (κ2) is 8.89. The zero-order valence-electron chi connectivity index (χ0n) is 17.8. The van der Waals surface area contributed by atoms with Crippen molar-refractivity contribution in [2.45, 2.75) is 73.8 Å². The van der Waals surface area contributed by atoms with Gasteiger partial charge in [0.15, 0.2) is 16.3 Å². The number of fused-ring (bicyclic) bond motifs is 1. The molecule has 0 amide bonds. The van der Waals surface area contributed by atoms with Gasteiger partial charge in [0, 0.05) is 18.3 Å². The Morgan fingerprint density at radius 2 is 1.76 bits per heavy atom. The number of rotatable bonds is 8. The normalized spacial score (nSPS) is 35.8. The molecule has 0 aromatic carbocycles. The minimum absolute atomic E-state index is 0.204. The molecule has 1 aliphatic heterocycles. The van der Waals surface area contributed by atoms with Gasteiger partial charge in [-0.3, -0.25) is 13.8 Å². The first-order valence-electron chi connectivity index (χ1n) is 11.0. The third-order valence-corrected chi connectivity index (χ3v) is 10.0. The average Bonchev–Trinajstić information content (AvgIpc) is 3.36. The zero-order chi connectivity index (χ0) is 25.1. The molecule has 1 heterocycles. The Balaban J connectivity index is 1.43. The fourth-order valence-electron chi connectivity index (χ4n) is 5.71. The van der Waals surface area contributed by atoms with Gasteiger partial charge in [-0.05, 0) is 19.3 Å². The fourth-order valence-corrected chi connectivity index (χ4v) is 8.19. The lowest BCUT2D eigenvalue weighted by Crippen LogP contribution is -2.46. The predicted octanol–water partition coefficient (Wildman–Crippen LogP) is 1.25. The van der Waals surface area contributed by atoms with Crippen molar-refractivity contribution in [3.05, 3.63) is 0 Å². The summed E-state index contributed by atoms with van der Waals surface area (Å²) in [7, 11) is -10.5. The van der Waals surface area contributed by atoms with Crippen LogP contribution in [0.1, 0.15) is 44.9 Å². The minimum atomic E-state index is -6.27. The van der Waals surface area contributed by atoms with Crippen LogP contribution in [0.2, 0.25) is 0 Å². The van der Waals surface area contributed by atoms with Crippen LogP contribution in [-0.4, -0.2) is 68.8 Å². The molecule has 0 N–H and O–H groups in total. The van der Waals surface area contributed by atoms with Crippen LogP contribution in [0.5, 0.6) is 0 Å². The van der Waals surface area contributed by atoms with Crippen LogP contribution in [0.3, 0.4) is 0 Å². The highest BCUT2D eigenvalue weighted by atomic mass is 32.2. The number of hydrogen-bond donors (Lipinski definition) is 0. The van der Waals surface area contributed by atoms with Gasteiger partial charge in [0.05, 0.1) is 18.4 Å². The summed E-state index contributed by atoms with van der Waals surface area (Å²) in [6.07, 6.45) is -2.42. The number of hydrogen-bond acceptors (Lipinski definition) is 10. The van der Waals surface area contributed by atoms with Gasteiger partial charge in [-0.25, -0.2) is 12.8 Å². The number of esters is 2. The summed E-state index contributed by atoms with van der Waals surface area (Å²) in [5.74, 6) is -4.64. The van der Waals surface area contributed by atoms with Gasteiger partial charge in [0.2, 0.25) is 0 Å². The van der Waals surface area contributed by atoms with Crippen molar-refractivity contribution >= 4 is 32.2 Å². The molecule has 3 aliphatic carbocycles. The Hall–Kier alpha value is -1.45. The van der Waals surface area contributed by atoms with E-state index in [1.54, 1.807) is 0 Å². The van der Waals surface area contributed by atoms with E-state index in [2.05, 4.69) is 0 Å². The standard InChI is InChI=1S/C19H25F3O10S2/c20-12(19(21,22)34(27,28)29)6-7-30-18(24)13-10-8-11-15(32-33(25,26)16(11)13)14(10)31-17(23)9-4-2-1-3-5-9/h9-16H,1-8H2,(H,27,28,29)/p-1. The van der Waals surface area contributed by atoms with Crippen molar-refractivity contribution in [1.82, 2.24) is 0 Å². The molecule has 2 bridgehead atoms. The summed E-state index contributed by atoms with van der Waals surface area (Å²) in [6.45, 7) is -1.01. The topological polar surface area (TPSA) is 153 Å². The van der Waals surface area contributed by atoms with Crippen LogP contribution >= 0.6 is 0 Å². The molecule has 0 aromatic heterocycles. The average molecular weight is 534 g/mol. The van der Waals surface area contributed by atoms with E-state index in [0.29, 0.717) is 12.8 Å². The van der Waals surface area contributed by atoms with Crippen LogP contribution in [-0.2, 0) is 43.5 Å². The van der Waals surface area contributed by atoms with E-state index in [0.717, 1.165) is 19.3 Å². The summed E-state index contributed by atoms with van der Waals surface area (Å²) in [5.41, 5.74) is 0. The smallest absolute Gasteiger partial charge is 0.364 e. The summed E-state index contributed by atoms with van der Waals surface area (Å²) in [4.78, 5) is 25.3. The predicted molar refractivity (Wildman–Crippen MR) is 104 cm³/mol. The van der Waals surface area contributed by atoms with Gasteiger partial charge in [-0.15, -0.1) is 0 Å². The molecule has 0 radical (unpaired) electrons. The Labute approximate surface area is 194 Å². The number of carbonyl (C=O) groups is 2. The molecule has 34 heavy (non-hydrogen) atoms. The van der Waals surface area contributed by atoms with Gasteiger partial charge in [0.25, 0.3) is 10.1 Å². The van der Waals surface area contributed by atoms with Crippen molar-refractivity contribution in [3.8, 4) is 0 Å². The van der Waals surface area contributed by atoms with E-state index in [4.69, 9.17) is 13.7 Å². The van der Waals surface area contributed by atoms with Crippen molar-refractivity contribution in [3.63, 3.8) is 0 Å². The maximum absolute atomic E-state index is 13.6. The first-order valence-corrected chi connectivity index (χ1v) is 13.9. The van der Waals surface area contributed by atoms with Crippen molar-refractivity contribution < 1.29 is 57.8 Å². The SMILES string of the molecule is O=C(OC1C2CC3C1OS(=O)(=O)C3C2C(=O)OCCC(F)C(F)(F)S(=O)(=O)[O-])C1CCCCC1. The quantitative estimate of drug-likeness (QED) is 0.253. The summed E-state index contributed by atoms with van der Waals surface area (Å²) in [5, 5.41) is -6.48. The van der Waals surface area contributed by atoms with E-state index in [9.17, 15) is 44.1 Å². The molecule has 0 aromatic rings. The number of halogens is 3. The molecular formula is C19H24F3O10S2-. The van der Waals surface area contributed by atoms with Crippen LogP contribution in [0.25, 0.3) is 0 Å². The third kappa shape index (κ3) is 4.32. The molecule has 3 saturated carbocycles. The molecule has 4 aliphatic rings. The van der Waals surface area contributed by atoms with E-state index < -0.39 is 91.8 Å². The molecule has 7 unspecified atom stereocenters. The zero-order valence-corrected chi connectivity index (χ0v) is 19.4. The van der Waals surface area contributed by atoms with Crippen LogP contribution < -0.4 is 0 Å². The summed E-state index contributed by atoms with van der Waals surface area (Å²) in [6, 6.07) is 0. The first-order chi connectivity index (χ1) is 15.8. The monoisotopic (exact) mass is 533 g/mol. The van der Waals surface area contributed by atoms with Crippen LogP contribution in [0.15, 0.2) is 0 Å². The number of alkyl halides is 3. The first kappa shape index (κ1) is 25.6. The molecular weight excluding hydrogens is 509 g/mol. The highest BCUT2D eigenvalue weighted by Gasteiger charge is 2.72. The Kier molecular flexibility index (Phi) is 6.70. The van der Waals surface area contributed by atoms with Crippen molar-refractivity contribution in [2.24, 2.45) is 23.7 Å². The molecule has 10 nitrogen and oxygen atoms in total. The van der Waals surface area contributed by atoms with E-state index in [1.807, 2.05) is 0 Å². The maximum Gasteiger partial charge on any atom is 0.364 e. The van der Waals surface area contributed by atoms with E-state index in [-0.39, 0.29) is 12.3 Å². The highest BCUT2D eigenvalue weighted by molar-refractivity contribution is 7.87. The van der Waals surface area contributed by atoms with Gasteiger partial charge < -0.3 is 14.0 Å². The lowest BCUT2D eigenvalue weighted by molar-refractivity contribution is -0.168. The van der Waals surface area contributed by atoms with Gasteiger partial charge in [0.1, 0.15) is 17.5 Å². The van der Waals surface area contributed by atoms with E-state index >= 15 is 0 Å². The third-order valence-electron chi connectivity index (χ3n) is 7.30. The van der Waals surface area contributed by atoms with Crippen LogP contribution in [0.4, 0.5) is 13.2 Å². The minimum Gasteiger partial charge on any atom is -0.743 e. The second-order valence-corrected chi connectivity index (χ2v) is 12.5. The number of ether oxygens (including phenoxy) is 2. The Morgan fingerprint density at radius 3 is 2.38 bits per heavy atom. The molecule has 0 spiro atoms. The fraction of sp³-hybridized carbons (Fsp3) is 0.895. The van der Waals surface area contributed by atoms with Crippen molar-refractivity contribution in [2.75, 3.05) is 6.61 Å². The summed E-state index contributed by atoms with van der Waals surface area (Å²) >= 11 is 0. The lowest BCUT2D eigenvalue weighted by atomic mass is 9.84. The van der Waals surface area contributed by atoms with Gasteiger partial charge in [-0.2, -0.15) is 17.2 Å². The van der Waals surface area contributed by atoms with E-state index in [1.165, 1.54) is 0 Å². The molecule has 15 heteroatoms.